The number of amides is 2. The maximum Gasteiger partial charge on any atom is 0.411 e. The van der Waals surface area contributed by atoms with E-state index in [0.717, 1.165) is 16.5 Å². The molecule has 0 fully saturated rings. The van der Waals surface area contributed by atoms with Crippen LogP contribution in [0.1, 0.15) is 15.9 Å². The van der Waals surface area contributed by atoms with E-state index in [2.05, 4.69) is 20.5 Å². The van der Waals surface area contributed by atoms with Crippen molar-refractivity contribution in [3.05, 3.63) is 84.1 Å². The van der Waals surface area contributed by atoms with Crippen LogP contribution in [0.3, 0.4) is 0 Å². The van der Waals surface area contributed by atoms with E-state index in [1.807, 2.05) is 47.3 Å². The Kier molecular flexibility index (Phi) is 5.53. The van der Waals surface area contributed by atoms with Crippen molar-refractivity contribution >= 4 is 40.0 Å². The highest BCUT2D eigenvalue weighted by molar-refractivity contribution is 6.05. The third-order valence-electron chi connectivity index (χ3n) is 4.75. The van der Waals surface area contributed by atoms with Crippen LogP contribution in [0.15, 0.2) is 72.9 Å². The van der Waals surface area contributed by atoms with Crippen molar-refractivity contribution in [2.75, 3.05) is 23.5 Å². The molecule has 156 valence electrons. The van der Waals surface area contributed by atoms with Gasteiger partial charge in [-0.1, -0.05) is 24.3 Å². The zero-order chi connectivity index (χ0) is 21.8. The van der Waals surface area contributed by atoms with Crippen LogP contribution in [0, 0.1) is 0 Å². The number of nitrogens with zero attached hydrogens (tertiary/aromatic N) is 2. The first kappa shape index (κ1) is 20.0. The van der Waals surface area contributed by atoms with Gasteiger partial charge in [0.1, 0.15) is 0 Å². The predicted molar refractivity (Wildman–Crippen MR) is 120 cm³/mol. The van der Waals surface area contributed by atoms with Crippen LogP contribution < -0.4 is 16.4 Å². The number of benzene rings is 3. The lowest BCUT2D eigenvalue weighted by atomic mass is 10.1. The van der Waals surface area contributed by atoms with Gasteiger partial charge in [-0.05, 0) is 48.0 Å². The quantitative estimate of drug-likeness (QED) is 0.425. The number of nitrogens with one attached hydrogen (secondary N) is 2. The van der Waals surface area contributed by atoms with Gasteiger partial charge in [0.15, 0.2) is 0 Å². The van der Waals surface area contributed by atoms with Crippen molar-refractivity contribution < 1.29 is 14.3 Å². The van der Waals surface area contributed by atoms with E-state index in [4.69, 9.17) is 5.73 Å². The molecule has 3 aromatic carbocycles. The summed E-state index contributed by atoms with van der Waals surface area (Å²) in [7, 11) is 1.32. The summed E-state index contributed by atoms with van der Waals surface area (Å²) < 4.78 is 6.42. The number of methoxy groups -OCH3 is 1. The summed E-state index contributed by atoms with van der Waals surface area (Å²) in [4.78, 5) is 23.8. The largest absolute Gasteiger partial charge is 0.453 e. The van der Waals surface area contributed by atoms with E-state index >= 15 is 0 Å². The molecule has 0 unspecified atom stereocenters. The zero-order valence-electron chi connectivity index (χ0n) is 16.8. The molecule has 31 heavy (non-hydrogen) atoms. The van der Waals surface area contributed by atoms with Crippen LogP contribution in [-0.2, 0) is 11.3 Å². The highest BCUT2D eigenvalue weighted by Gasteiger charge is 2.09. The molecule has 1 aromatic heterocycles. The maximum absolute atomic E-state index is 12.5. The van der Waals surface area contributed by atoms with Gasteiger partial charge in [0.25, 0.3) is 5.91 Å². The smallest absolute Gasteiger partial charge is 0.411 e. The first-order valence-corrected chi connectivity index (χ1v) is 9.59. The molecule has 0 aliphatic rings. The number of ether oxygens (including phenoxy) is 1. The van der Waals surface area contributed by atoms with Gasteiger partial charge in [-0.15, -0.1) is 0 Å². The van der Waals surface area contributed by atoms with Crippen molar-refractivity contribution in [1.29, 1.82) is 0 Å². The Morgan fingerprint density at radius 2 is 1.81 bits per heavy atom. The van der Waals surface area contributed by atoms with E-state index in [-0.39, 0.29) is 5.91 Å². The molecule has 0 atom stereocenters. The number of hydrogen-bond donors (Lipinski definition) is 3. The Morgan fingerprint density at radius 3 is 2.55 bits per heavy atom. The first-order chi connectivity index (χ1) is 15.0. The Labute approximate surface area is 178 Å². The monoisotopic (exact) mass is 415 g/mol. The fourth-order valence-corrected chi connectivity index (χ4v) is 3.16. The average molecular weight is 415 g/mol. The summed E-state index contributed by atoms with van der Waals surface area (Å²) in [6.07, 6.45) is 1.38. The Balaban J connectivity index is 1.45. The molecule has 0 aliphatic heterocycles. The Bertz CT molecular complexity index is 1250. The molecular formula is C23H21N5O3. The van der Waals surface area contributed by atoms with Crippen LogP contribution in [0.4, 0.5) is 21.9 Å². The molecule has 2 amide bonds. The van der Waals surface area contributed by atoms with Gasteiger partial charge in [-0.25, -0.2) is 4.79 Å². The van der Waals surface area contributed by atoms with Crippen LogP contribution in [0.2, 0.25) is 0 Å². The summed E-state index contributed by atoms with van der Waals surface area (Å²) in [5, 5.41) is 10.9. The van der Waals surface area contributed by atoms with Gasteiger partial charge in [0.2, 0.25) is 0 Å². The minimum atomic E-state index is -0.522. The topological polar surface area (TPSA) is 111 Å². The normalized spacial score (nSPS) is 10.6. The molecule has 8 nitrogen and oxygen atoms in total. The number of nitrogens with two attached hydrogens (primary N) is 1. The van der Waals surface area contributed by atoms with Crippen molar-refractivity contribution in [1.82, 2.24) is 9.78 Å². The molecule has 0 radical (unpaired) electrons. The van der Waals surface area contributed by atoms with Crippen LogP contribution in [0.5, 0.6) is 0 Å². The number of rotatable bonds is 5. The lowest BCUT2D eigenvalue weighted by molar-refractivity contribution is 0.102. The molecule has 4 N–H and O–H groups in total. The number of para-hydroxylation sites is 2. The highest BCUT2D eigenvalue weighted by atomic mass is 16.5. The maximum atomic E-state index is 12.5. The summed E-state index contributed by atoms with van der Waals surface area (Å²) in [5.41, 5.74) is 9.96. The van der Waals surface area contributed by atoms with Gasteiger partial charge in [-0.2, -0.15) is 5.10 Å². The van der Waals surface area contributed by atoms with Crippen LogP contribution in [-0.4, -0.2) is 28.9 Å². The van der Waals surface area contributed by atoms with Gasteiger partial charge in [-0.3, -0.25) is 14.8 Å². The second-order valence-corrected chi connectivity index (χ2v) is 6.96. The predicted octanol–water partition coefficient (Wildman–Crippen LogP) is 4.10. The minimum absolute atomic E-state index is 0.222. The van der Waals surface area contributed by atoms with E-state index in [1.54, 1.807) is 30.3 Å². The second kappa shape index (κ2) is 8.58. The number of hydrogen-bond acceptors (Lipinski definition) is 5. The van der Waals surface area contributed by atoms with E-state index in [9.17, 15) is 9.59 Å². The fourth-order valence-electron chi connectivity index (χ4n) is 3.16. The average Bonchev–Trinajstić information content (AvgIpc) is 3.17. The standard InChI is InChI=1S/C23H21N5O3/c1-31-23(30)25-18-10-11-20-17(12-18)14-28(27-20)13-15-6-8-16(9-7-15)22(29)26-21-5-3-2-4-19(21)24/h2-12,14H,13,24H2,1H3,(H,25,30)(H,26,29). The minimum Gasteiger partial charge on any atom is -0.453 e. The molecule has 0 spiro atoms. The van der Waals surface area contributed by atoms with Gasteiger partial charge >= 0.3 is 6.09 Å². The first-order valence-electron chi connectivity index (χ1n) is 9.59. The van der Waals surface area contributed by atoms with Crippen molar-refractivity contribution in [2.24, 2.45) is 0 Å². The number of carbonyl (C=O) groups excluding carboxylic acids is 2. The molecule has 0 bridgehead atoms. The summed E-state index contributed by atoms with van der Waals surface area (Å²) in [6, 6.07) is 19.9. The number of carbonyl (C=O) groups is 2. The second-order valence-electron chi connectivity index (χ2n) is 6.96. The number of aromatic nitrogens is 2. The zero-order valence-corrected chi connectivity index (χ0v) is 16.8. The third-order valence-corrected chi connectivity index (χ3v) is 4.75. The van der Waals surface area contributed by atoms with Crippen LogP contribution >= 0.6 is 0 Å². The van der Waals surface area contributed by atoms with Crippen molar-refractivity contribution in [2.45, 2.75) is 6.54 Å². The molecule has 4 rings (SSSR count). The molecule has 0 aliphatic carbocycles. The highest BCUT2D eigenvalue weighted by Crippen LogP contribution is 2.20. The number of anilines is 3. The lowest BCUT2D eigenvalue weighted by Gasteiger charge is -2.08. The van der Waals surface area contributed by atoms with Crippen molar-refractivity contribution in [3.8, 4) is 0 Å². The number of nitrogen functional groups attached to an aromatic ring is 1. The van der Waals surface area contributed by atoms with Crippen molar-refractivity contribution in [3.63, 3.8) is 0 Å². The van der Waals surface area contributed by atoms with Gasteiger partial charge in [0.05, 0.1) is 30.5 Å². The fraction of sp³-hybridized carbons (Fsp3) is 0.0870. The van der Waals surface area contributed by atoms with E-state index in [1.165, 1.54) is 7.11 Å². The summed E-state index contributed by atoms with van der Waals surface area (Å²) >= 11 is 0. The van der Waals surface area contributed by atoms with Gasteiger partial charge < -0.3 is 15.8 Å². The Hall–Kier alpha value is -4.33. The Morgan fingerprint density at radius 1 is 1.03 bits per heavy atom. The summed E-state index contributed by atoms with van der Waals surface area (Å²) in [6.45, 7) is 0.544. The third kappa shape index (κ3) is 4.64. The molecule has 4 aromatic rings. The molecule has 1 heterocycles. The number of fused-ring (bicyclic) bond motifs is 1. The molecule has 0 saturated carbocycles. The van der Waals surface area contributed by atoms with Gasteiger partial charge in [0, 0.05) is 22.8 Å². The van der Waals surface area contributed by atoms with Crippen LogP contribution in [0.25, 0.3) is 10.9 Å². The lowest BCUT2D eigenvalue weighted by Crippen LogP contribution is -2.13. The molecule has 0 saturated heterocycles. The molecular weight excluding hydrogens is 394 g/mol. The molecule has 8 heteroatoms. The van der Waals surface area contributed by atoms with E-state index < -0.39 is 6.09 Å². The van der Waals surface area contributed by atoms with E-state index in [0.29, 0.717) is 29.2 Å². The summed E-state index contributed by atoms with van der Waals surface area (Å²) in [5.74, 6) is -0.222. The SMILES string of the molecule is COC(=O)Nc1ccc2nn(Cc3ccc(C(=O)Nc4ccccc4N)cc3)cc2c1.